The van der Waals surface area contributed by atoms with E-state index in [0.29, 0.717) is 18.1 Å². The summed E-state index contributed by atoms with van der Waals surface area (Å²) in [6, 6.07) is 25.8. The van der Waals surface area contributed by atoms with Crippen LogP contribution in [0.5, 0.6) is 0 Å². The van der Waals surface area contributed by atoms with Crippen LogP contribution in [0.15, 0.2) is 84.4 Å². The number of anilines is 1. The van der Waals surface area contributed by atoms with Crippen molar-refractivity contribution in [2.75, 3.05) is 11.9 Å². The lowest BCUT2D eigenvalue weighted by Crippen LogP contribution is -2.29. The zero-order chi connectivity index (χ0) is 21.4. The van der Waals surface area contributed by atoms with E-state index in [1.54, 1.807) is 0 Å². The van der Waals surface area contributed by atoms with Crippen LogP contribution in [0.25, 0.3) is 16.7 Å². The standard InChI is InChI=1S/C26H23N3O2/c1-3-31-25(30)22-23(18-11-5-4-6-12-18)28-26-27-20-14-7-8-15-21(20)29(26)24(22)19-13-9-10-17(2)16-19/h4-16,24H,3H2,1-2H3,(H,27,28)/t24-/m0/s1. The summed E-state index contributed by atoms with van der Waals surface area (Å²) in [4.78, 5) is 18.2. The molecule has 4 aromatic rings. The van der Waals surface area contributed by atoms with E-state index in [2.05, 4.69) is 35.0 Å². The maximum atomic E-state index is 13.4. The molecule has 3 aromatic carbocycles. The Hall–Kier alpha value is -3.86. The number of nitrogens with one attached hydrogen (secondary N) is 1. The lowest BCUT2D eigenvalue weighted by atomic mass is 9.91. The molecule has 31 heavy (non-hydrogen) atoms. The van der Waals surface area contributed by atoms with E-state index in [9.17, 15) is 4.79 Å². The number of nitrogens with zero attached hydrogens (tertiary/aromatic N) is 2. The monoisotopic (exact) mass is 409 g/mol. The molecule has 0 aliphatic carbocycles. The molecule has 2 heterocycles. The van der Waals surface area contributed by atoms with Crippen molar-refractivity contribution < 1.29 is 9.53 Å². The number of para-hydroxylation sites is 2. The fraction of sp³-hybridized carbons (Fsp3) is 0.154. The Morgan fingerprint density at radius 1 is 1.03 bits per heavy atom. The van der Waals surface area contributed by atoms with E-state index in [1.165, 1.54) is 0 Å². The summed E-state index contributed by atoms with van der Waals surface area (Å²) in [6.07, 6.45) is 0. The zero-order valence-corrected chi connectivity index (χ0v) is 17.5. The van der Waals surface area contributed by atoms with E-state index >= 15 is 0 Å². The molecule has 0 unspecified atom stereocenters. The van der Waals surface area contributed by atoms with Gasteiger partial charge < -0.3 is 10.1 Å². The highest BCUT2D eigenvalue weighted by atomic mass is 16.5. The molecule has 0 fully saturated rings. The summed E-state index contributed by atoms with van der Waals surface area (Å²) in [5.74, 6) is 0.378. The minimum Gasteiger partial charge on any atom is -0.463 e. The summed E-state index contributed by atoms with van der Waals surface area (Å²) < 4.78 is 7.65. The summed E-state index contributed by atoms with van der Waals surface area (Å²) in [5, 5.41) is 3.44. The van der Waals surface area contributed by atoms with E-state index < -0.39 is 0 Å². The molecule has 0 saturated carbocycles. The number of ether oxygens (including phenoxy) is 1. The van der Waals surface area contributed by atoms with Gasteiger partial charge in [-0.15, -0.1) is 0 Å². The molecule has 1 aliphatic rings. The van der Waals surface area contributed by atoms with Gasteiger partial charge in [-0.2, -0.15) is 0 Å². The summed E-state index contributed by atoms with van der Waals surface area (Å²) in [6.45, 7) is 4.20. The molecule has 0 saturated heterocycles. The van der Waals surface area contributed by atoms with Crippen molar-refractivity contribution >= 4 is 28.6 Å². The first-order valence-corrected chi connectivity index (χ1v) is 10.4. The molecule has 0 radical (unpaired) electrons. The number of aromatic nitrogens is 2. The van der Waals surface area contributed by atoms with Crippen molar-refractivity contribution in [3.8, 4) is 0 Å². The van der Waals surface area contributed by atoms with Gasteiger partial charge in [-0.3, -0.25) is 4.57 Å². The number of hydrogen-bond acceptors (Lipinski definition) is 4. The van der Waals surface area contributed by atoms with Crippen molar-refractivity contribution in [3.05, 3.63) is 101 Å². The van der Waals surface area contributed by atoms with Crippen LogP contribution in [0.3, 0.4) is 0 Å². The van der Waals surface area contributed by atoms with Crippen LogP contribution in [0, 0.1) is 6.92 Å². The molecule has 5 heteroatoms. The van der Waals surface area contributed by atoms with E-state index in [1.807, 2.05) is 67.6 Å². The van der Waals surface area contributed by atoms with Crippen LogP contribution in [0.4, 0.5) is 5.95 Å². The number of esters is 1. The molecule has 0 spiro atoms. The minimum atomic E-state index is -0.363. The van der Waals surface area contributed by atoms with Crippen LogP contribution in [-0.2, 0) is 9.53 Å². The maximum absolute atomic E-state index is 13.4. The van der Waals surface area contributed by atoms with Gasteiger partial charge in [0.05, 0.1) is 35.0 Å². The van der Waals surface area contributed by atoms with Gasteiger partial charge in [0, 0.05) is 0 Å². The number of fused-ring (bicyclic) bond motifs is 3. The van der Waals surface area contributed by atoms with Crippen molar-refractivity contribution in [3.63, 3.8) is 0 Å². The fourth-order valence-electron chi connectivity index (χ4n) is 4.25. The molecular formula is C26H23N3O2. The van der Waals surface area contributed by atoms with Gasteiger partial charge in [-0.05, 0) is 37.1 Å². The summed E-state index contributed by atoms with van der Waals surface area (Å²) >= 11 is 0. The first-order chi connectivity index (χ1) is 15.2. The van der Waals surface area contributed by atoms with Gasteiger partial charge in [0.25, 0.3) is 0 Å². The quantitative estimate of drug-likeness (QED) is 0.463. The molecule has 0 amide bonds. The number of aryl methyl sites for hydroxylation is 1. The van der Waals surface area contributed by atoms with Gasteiger partial charge in [0.15, 0.2) is 0 Å². The zero-order valence-electron chi connectivity index (χ0n) is 17.5. The largest absolute Gasteiger partial charge is 0.463 e. The van der Waals surface area contributed by atoms with Crippen LogP contribution < -0.4 is 5.32 Å². The number of benzene rings is 3. The summed E-state index contributed by atoms with van der Waals surface area (Å²) in [7, 11) is 0. The Kier molecular flexibility index (Phi) is 4.79. The first-order valence-electron chi connectivity index (χ1n) is 10.4. The highest BCUT2D eigenvalue weighted by Gasteiger charge is 2.36. The predicted octanol–water partition coefficient (Wildman–Crippen LogP) is 5.33. The summed E-state index contributed by atoms with van der Waals surface area (Å²) in [5.41, 5.74) is 6.21. The second-order valence-corrected chi connectivity index (χ2v) is 7.61. The second kappa shape index (κ2) is 7.76. The molecule has 1 atom stereocenters. The third-order valence-electron chi connectivity index (χ3n) is 5.55. The van der Waals surface area contributed by atoms with E-state index in [0.717, 1.165) is 33.4 Å². The van der Waals surface area contributed by atoms with Crippen LogP contribution in [0.2, 0.25) is 0 Å². The number of hydrogen-bond donors (Lipinski definition) is 1. The molecule has 1 aromatic heterocycles. The Morgan fingerprint density at radius 3 is 2.58 bits per heavy atom. The third-order valence-corrected chi connectivity index (χ3v) is 5.55. The molecular weight excluding hydrogens is 386 g/mol. The first kappa shape index (κ1) is 19.1. The Balaban J connectivity index is 1.84. The van der Waals surface area contributed by atoms with Crippen molar-refractivity contribution in [2.24, 2.45) is 0 Å². The molecule has 5 nitrogen and oxygen atoms in total. The second-order valence-electron chi connectivity index (χ2n) is 7.61. The van der Waals surface area contributed by atoms with Crippen LogP contribution in [0.1, 0.15) is 29.7 Å². The highest BCUT2D eigenvalue weighted by molar-refractivity contribution is 6.03. The molecule has 5 rings (SSSR count). The fourth-order valence-corrected chi connectivity index (χ4v) is 4.25. The van der Waals surface area contributed by atoms with Crippen LogP contribution in [-0.4, -0.2) is 22.1 Å². The number of rotatable bonds is 4. The topological polar surface area (TPSA) is 56.1 Å². The average Bonchev–Trinajstić information content (AvgIpc) is 3.17. The Labute approximate surface area is 181 Å². The number of carbonyl (C=O) groups is 1. The van der Waals surface area contributed by atoms with Gasteiger partial charge in [-0.25, -0.2) is 9.78 Å². The Bertz CT molecular complexity index is 1300. The number of imidazole rings is 1. The van der Waals surface area contributed by atoms with Crippen molar-refractivity contribution in [1.29, 1.82) is 0 Å². The van der Waals surface area contributed by atoms with E-state index in [4.69, 9.17) is 9.72 Å². The van der Waals surface area contributed by atoms with Crippen molar-refractivity contribution in [2.45, 2.75) is 19.9 Å². The highest BCUT2D eigenvalue weighted by Crippen LogP contribution is 2.42. The van der Waals surface area contributed by atoms with E-state index in [-0.39, 0.29) is 12.0 Å². The molecule has 154 valence electrons. The van der Waals surface area contributed by atoms with Gasteiger partial charge in [0.2, 0.25) is 5.95 Å². The maximum Gasteiger partial charge on any atom is 0.338 e. The molecule has 1 aliphatic heterocycles. The average molecular weight is 409 g/mol. The molecule has 0 bridgehead atoms. The van der Waals surface area contributed by atoms with Gasteiger partial charge in [0.1, 0.15) is 0 Å². The van der Waals surface area contributed by atoms with Crippen LogP contribution >= 0.6 is 0 Å². The van der Waals surface area contributed by atoms with Gasteiger partial charge >= 0.3 is 5.97 Å². The lowest BCUT2D eigenvalue weighted by Gasteiger charge is -2.31. The molecule has 1 N–H and O–H groups in total. The van der Waals surface area contributed by atoms with Gasteiger partial charge in [-0.1, -0.05) is 72.3 Å². The number of carbonyl (C=O) groups excluding carboxylic acids is 1. The predicted molar refractivity (Wildman–Crippen MR) is 123 cm³/mol. The lowest BCUT2D eigenvalue weighted by molar-refractivity contribution is -0.138. The normalized spacial score (nSPS) is 15.5. The Morgan fingerprint density at radius 2 is 1.81 bits per heavy atom. The third kappa shape index (κ3) is 3.28. The smallest absolute Gasteiger partial charge is 0.338 e. The minimum absolute atomic E-state index is 0.308. The van der Waals surface area contributed by atoms with Crippen molar-refractivity contribution in [1.82, 2.24) is 9.55 Å². The SMILES string of the molecule is CCOC(=O)C1=C(c2ccccc2)Nc2nc3ccccc3n2[C@H]1c1cccc(C)c1.